The number of hydrogen-bond donors (Lipinski definition) is 1. The first-order valence-electron chi connectivity index (χ1n) is 11.7. The predicted octanol–water partition coefficient (Wildman–Crippen LogP) is 0.672. The number of amides is 2. The third kappa shape index (κ3) is 13.2. The minimum atomic E-state index is -0.304. The van der Waals surface area contributed by atoms with Crippen molar-refractivity contribution in [3.05, 3.63) is 36.4 Å². The van der Waals surface area contributed by atoms with E-state index in [-0.39, 0.29) is 25.0 Å². The van der Waals surface area contributed by atoms with E-state index >= 15 is 0 Å². The van der Waals surface area contributed by atoms with Crippen molar-refractivity contribution in [2.45, 2.75) is 0 Å². The fourth-order valence-corrected chi connectivity index (χ4v) is 2.83. The molecule has 0 fully saturated rings. The molecule has 0 atom stereocenters. The number of nitrogen functional groups attached to an aromatic ring is 1. The number of benzene rings is 1. The molecule has 11 heteroatoms. The molecule has 1 aliphatic heterocycles. The molecule has 196 valence electrons. The molecule has 2 amide bonds. The molecular weight excluding hydrogens is 460 g/mol. The number of nitrogens with two attached hydrogens (primary N) is 1. The summed E-state index contributed by atoms with van der Waals surface area (Å²) in [6.07, 6.45) is 2.51. The van der Waals surface area contributed by atoms with Gasteiger partial charge in [-0.15, -0.1) is 0 Å². The molecule has 0 saturated heterocycles. The lowest BCUT2D eigenvalue weighted by atomic mass is 10.3. The number of ether oxygens (including phenoxy) is 7. The van der Waals surface area contributed by atoms with Gasteiger partial charge in [-0.1, -0.05) is 12.1 Å². The third-order valence-corrected chi connectivity index (χ3v) is 4.62. The number of carbonyl (C=O) groups is 2. The van der Waals surface area contributed by atoms with E-state index in [9.17, 15) is 9.59 Å². The van der Waals surface area contributed by atoms with Crippen LogP contribution in [0, 0.1) is 0 Å². The van der Waals surface area contributed by atoms with Crippen molar-refractivity contribution in [2.75, 3.05) is 98.2 Å². The van der Waals surface area contributed by atoms with E-state index in [4.69, 9.17) is 38.9 Å². The number of hydrogen-bond acceptors (Lipinski definition) is 10. The van der Waals surface area contributed by atoms with Gasteiger partial charge in [0.25, 0.3) is 11.8 Å². The number of imide groups is 1. The summed E-state index contributed by atoms with van der Waals surface area (Å²) in [6.45, 7) is 6.01. The maximum absolute atomic E-state index is 11.4. The van der Waals surface area contributed by atoms with Gasteiger partial charge in [0, 0.05) is 12.2 Å². The lowest BCUT2D eigenvalue weighted by molar-refractivity contribution is -0.137. The Kier molecular flexibility index (Phi) is 15.4. The average molecular weight is 497 g/mol. The summed E-state index contributed by atoms with van der Waals surface area (Å²) in [4.78, 5) is 23.9. The Morgan fingerprint density at radius 3 is 1.43 bits per heavy atom. The predicted molar refractivity (Wildman–Crippen MR) is 127 cm³/mol. The van der Waals surface area contributed by atoms with Crippen molar-refractivity contribution in [3.63, 3.8) is 0 Å². The SMILES string of the molecule is Nc1ccccc1OCCOCCOCCOCCOCCOCCOCCN1C(=O)C=CC1=O. The molecule has 0 bridgehead atoms. The third-order valence-electron chi connectivity index (χ3n) is 4.62. The zero-order valence-electron chi connectivity index (χ0n) is 20.1. The summed E-state index contributed by atoms with van der Waals surface area (Å²) in [7, 11) is 0. The second-order valence-electron chi connectivity index (χ2n) is 7.22. The van der Waals surface area contributed by atoms with Crippen LogP contribution in [0.4, 0.5) is 5.69 Å². The van der Waals surface area contributed by atoms with Gasteiger partial charge < -0.3 is 38.9 Å². The number of carbonyl (C=O) groups excluding carboxylic acids is 2. The zero-order chi connectivity index (χ0) is 25.0. The molecule has 0 radical (unpaired) electrons. The van der Waals surface area contributed by atoms with Crippen LogP contribution in [0.25, 0.3) is 0 Å². The highest BCUT2D eigenvalue weighted by atomic mass is 16.6. The topological polar surface area (TPSA) is 128 Å². The van der Waals surface area contributed by atoms with Gasteiger partial charge in [0.2, 0.25) is 0 Å². The number of rotatable bonds is 22. The monoisotopic (exact) mass is 496 g/mol. The van der Waals surface area contributed by atoms with E-state index in [2.05, 4.69) is 0 Å². The van der Waals surface area contributed by atoms with Gasteiger partial charge in [-0.3, -0.25) is 14.5 Å². The molecule has 0 spiro atoms. The Balaban J connectivity index is 1.22. The molecule has 11 nitrogen and oxygen atoms in total. The van der Waals surface area contributed by atoms with Crippen LogP contribution < -0.4 is 10.5 Å². The largest absolute Gasteiger partial charge is 0.489 e. The number of para-hydroxylation sites is 2. The van der Waals surface area contributed by atoms with Gasteiger partial charge in [-0.25, -0.2) is 0 Å². The lowest BCUT2D eigenvalue weighted by Crippen LogP contribution is -2.33. The molecule has 0 saturated carbocycles. The second kappa shape index (κ2) is 18.7. The maximum atomic E-state index is 11.4. The highest BCUT2D eigenvalue weighted by Crippen LogP contribution is 2.19. The quantitative estimate of drug-likeness (QED) is 0.139. The molecule has 35 heavy (non-hydrogen) atoms. The summed E-state index contributed by atoms with van der Waals surface area (Å²) in [5.41, 5.74) is 6.41. The highest BCUT2D eigenvalue weighted by Gasteiger charge is 2.22. The standard InChI is InChI=1S/C24H36N2O9/c25-21-3-1-2-4-22(21)35-20-19-34-18-17-33-16-15-32-14-13-31-12-11-30-10-9-29-8-7-26-23(27)5-6-24(26)28/h1-6H,7-20,25H2. The first-order valence-corrected chi connectivity index (χ1v) is 11.7. The summed E-state index contributed by atoms with van der Waals surface area (Å²) in [5, 5.41) is 0. The first kappa shape index (κ1) is 28.7. The van der Waals surface area contributed by atoms with Crippen LogP contribution in [0.3, 0.4) is 0 Å². The van der Waals surface area contributed by atoms with Gasteiger partial charge in [-0.2, -0.15) is 0 Å². The van der Waals surface area contributed by atoms with Gasteiger partial charge in [0.05, 0.1) is 91.5 Å². The Morgan fingerprint density at radius 1 is 0.571 bits per heavy atom. The number of nitrogens with zero attached hydrogens (tertiary/aromatic N) is 1. The van der Waals surface area contributed by atoms with E-state index < -0.39 is 0 Å². The van der Waals surface area contributed by atoms with Crippen LogP contribution in [-0.2, 0) is 38.0 Å². The van der Waals surface area contributed by atoms with Crippen molar-refractivity contribution in [3.8, 4) is 5.75 Å². The smallest absolute Gasteiger partial charge is 0.253 e. The van der Waals surface area contributed by atoms with Crippen LogP contribution >= 0.6 is 0 Å². The molecule has 1 aromatic rings. The molecule has 0 aliphatic carbocycles. The van der Waals surface area contributed by atoms with Crippen LogP contribution in [-0.4, -0.2) is 109 Å². The van der Waals surface area contributed by atoms with Crippen LogP contribution in [0.1, 0.15) is 0 Å². The highest BCUT2D eigenvalue weighted by molar-refractivity contribution is 6.12. The Bertz CT molecular complexity index is 742. The molecule has 1 aromatic carbocycles. The van der Waals surface area contributed by atoms with Gasteiger partial charge in [-0.05, 0) is 12.1 Å². The molecular formula is C24H36N2O9. The fourth-order valence-electron chi connectivity index (χ4n) is 2.83. The zero-order valence-corrected chi connectivity index (χ0v) is 20.1. The van der Waals surface area contributed by atoms with Crippen molar-refractivity contribution in [1.82, 2.24) is 4.90 Å². The molecule has 2 rings (SSSR count). The van der Waals surface area contributed by atoms with Gasteiger partial charge in [0.15, 0.2) is 0 Å². The van der Waals surface area contributed by atoms with Crippen LogP contribution in [0.5, 0.6) is 5.75 Å². The van der Waals surface area contributed by atoms with Gasteiger partial charge >= 0.3 is 0 Å². The van der Waals surface area contributed by atoms with E-state index in [1.165, 1.54) is 12.2 Å². The fraction of sp³-hybridized carbons (Fsp3) is 0.583. The van der Waals surface area contributed by atoms with E-state index in [0.29, 0.717) is 90.7 Å². The average Bonchev–Trinajstić information content (AvgIpc) is 3.18. The first-order chi connectivity index (χ1) is 17.2. The van der Waals surface area contributed by atoms with Crippen molar-refractivity contribution in [1.29, 1.82) is 0 Å². The van der Waals surface area contributed by atoms with Crippen molar-refractivity contribution >= 4 is 17.5 Å². The molecule has 0 aromatic heterocycles. The van der Waals surface area contributed by atoms with Crippen LogP contribution in [0.15, 0.2) is 36.4 Å². The normalized spacial score (nSPS) is 13.2. The van der Waals surface area contributed by atoms with Crippen LogP contribution in [0.2, 0.25) is 0 Å². The molecule has 0 unspecified atom stereocenters. The molecule has 1 aliphatic rings. The van der Waals surface area contributed by atoms with Gasteiger partial charge in [0.1, 0.15) is 12.4 Å². The Hall–Kier alpha value is -2.54. The summed E-state index contributed by atoms with van der Waals surface area (Å²) in [6, 6.07) is 7.34. The van der Waals surface area contributed by atoms with Crippen molar-refractivity contribution < 1.29 is 42.7 Å². The number of anilines is 1. The molecule has 1 heterocycles. The minimum absolute atomic E-state index is 0.244. The summed E-state index contributed by atoms with van der Waals surface area (Å²) in [5.74, 6) is 0.0524. The minimum Gasteiger partial charge on any atom is -0.489 e. The summed E-state index contributed by atoms with van der Waals surface area (Å²) >= 11 is 0. The van der Waals surface area contributed by atoms with E-state index in [1.54, 1.807) is 6.07 Å². The Morgan fingerprint density at radius 2 is 0.971 bits per heavy atom. The Labute approximate surface area is 206 Å². The van der Waals surface area contributed by atoms with E-state index in [1.807, 2.05) is 18.2 Å². The summed E-state index contributed by atoms with van der Waals surface area (Å²) < 4.78 is 38.0. The van der Waals surface area contributed by atoms with Crippen molar-refractivity contribution in [2.24, 2.45) is 0 Å². The lowest BCUT2D eigenvalue weighted by Gasteiger charge is -2.13. The molecule has 2 N–H and O–H groups in total. The van der Waals surface area contributed by atoms with E-state index in [0.717, 1.165) is 4.90 Å². The second-order valence-corrected chi connectivity index (χ2v) is 7.22. The maximum Gasteiger partial charge on any atom is 0.253 e.